The van der Waals surface area contributed by atoms with Gasteiger partial charge in [-0.25, -0.2) is 9.97 Å². The first kappa shape index (κ1) is 12.2. The molecule has 2 heterocycles. The molecule has 5 heteroatoms. The zero-order valence-electron chi connectivity index (χ0n) is 10.4. The van der Waals surface area contributed by atoms with Crippen molar-refractivity contribution in [3.8, 4) is 11.1 Å². The van der Waals surface area contributed by atoms with Gasteiger partial charge in [-0.15, -0.1) is 0 Å². The molecule has 2 aromatic rings. The molecule has 4 nitrogen and oxygen atoms in total. The molecule has 1 atom stereocenters. The van der Waals surface area contributed by atoms with E-state index in [9.17, 15) is 0 Å². The van der Waals surface area contributed by atoms with E-state index in [1.807, 2.05) is 18.5 Å². The summed E-state index contributed by atoms with van der Waals surface area (Å²) in [6.45, 7) is 0. The Bertz CT molecular complexity index is 597. The number of nitrogens with two attached hydrogens (primary N) is 1. The molecule has 2 N–H and O–H groups in total. The average Bonchev–Trinajstić information content (AvgIpc) is 2.48. The average molecular weight is 270 g/mol. The summed E-state index contributed by atoms with van der Waals surface area (Å²) in [4.78, 5) is 12.6. The summed E-state index contributed by atoms with van der Waals surface area (Å²) in [5.74, 6) is 1.03. The first-order valence-corrected chi connectivity index (χ1v) is 7.13. The number of benzene rings is 1. The summed E-state index contributed by atoms with van der Waals surface area (Å²) >= 11 is 1.62. The molecule has 1 aromatic carbocycles. The molecule has 0 spiro atoms. The Labute approximate surface area is 116 Å². The standard InChI is InChI=1S/C14H14N4S/c15-14-18-13(4-5-19-14)11-3-1-2-10(6-11)12-7-16-9-17-8-12/h1-3,6-9,13H,4-5H2,(H2,15,18). The maximum absolute atomic E-state index is 5.80. The van der Waals surface area contributed by atoms with Gasteiger partial charge in [0.1, 0.15) is 6.33 Å². The van der Waals surface area contributed by atoms with Gasteiger partial charge >= 0.3 is 0 Å². The van der Waals surface area contributed by atoms with Crippen LogP contribution in [0.25, 0.3) is 11.1 Å². The molecule has 0 amide bonds. The molecule has 0 saturated carbocycles. The van der Waals surface area contributed by atoms with Gasteiger partial charge in [-0.3, -0.25) is 4.99 Å². The summed E-state index contributed by atoms with van der Waals surface area (Å²) in [5.41, 5.74) is 9.14. The van der Waals surface area contributed by atoms with Crippen molar-refractivity contribution in [1.29, 1.82) is 0 Å². The third kappa shape index (κ3) is 2.76. The number of thioether (sulfide) groups is 1. The van der Waals surface area contributed by atoms with Crippen molar-refractivity contribution in [3.63, 3.8) is 0 Å². The second-order valence-corrected chi connectivity index (χ2v) is 5.49. The molecule has 1 unspecified atom stereocenters. The second-order valence-electron chi connectivity index (χ2n) is 4.37. The van der Waals surface area contributed by atoms with Gasteiger partial charge in [0.2, 0.25) is 0 Å². The molecular formula is C14H14N4S. The van der Waals surface area contributed by atoms with Crippen LogP contribution in [-0.2, 0) is 0 Å². The number of nitrogens with zero attached hydrogens (tertiary/aromatic N) is 3. The maximum atomic E-state index is 5.80. The van der Waals surface area contributed by atoms with Gasteiger partial charge in [0.05, 0.1) is 6.04 Å². The highest BCUT2D eigenvalue weighted by Gasteiger charge is 2.16. The van der Waals surface area contributed by atoms with E-state index >= 15 is 0 Å². The minimum absolute atomic E-state index is 0.172. The van der Waals surface area contributed by atoms with Crippen LogP contribution >= 0.6 is 11.8 Å². The van der Waals surface area contributed by atoms with Crippen molar-refractivity contribution in [2.24, 2.45) is 10.7 Å². The van der Waals surface area contributed by atoms with E-state index in [1.54, 1.807) is 11.8 Å². The molecule has 1 aliphatic heterocycles. The lowest BCUT2D eigenvalue weighted by molar-refractivity contribution is 0.704. The fraction of sp³-hybridized carbons (Fsp3) is 0.214. The molecule has 3 rings (SSSR count). The van der Waals surface area contributed by atoms with Gasteiger partial charge in [-0.1, -0.05) is 30.0 Å². The number of amidine groups is 1. The summed E-state index contributed by atoms with van der Waals surface area (Å²) in [6, 6.07) is 8.53. The van der Waals surface area contributed by atoms with E-state index in [4.69, 9.17) is 5.73 Å². The molecule has 0 fully saturated rings. The van der Waals surface area contributed by atoms with Gasteiger partial charge in [0, 0.05) is 23.7 Å². The fourth-order valence-electron chi connectivity index (χ4n) is 2.15. The first-order valence-electron chi connectivity index (χ1n) is 6.14. The quantitative estimate of drug-likeness (QED) is 0.911. The Kier molecular flexibility index (Phi) is 3.46. The van der Waals surface area contributed by atoms with Crippen LogP contribution in [0.4, 0.5) is 0 Å². The molecule has 0 radical (unpaired) electrons. The van der Waals surface area contributed by atoms with Crippen molar-refractivity contribution in [2.75, 3.05) is 5.75 Å². The maximum Gasteiger partial charge on any atom is 0.154 e. The normalized spacial score (nSPS) is 18.9. The lowest BCUT2D eigenvalue weighted by Gasteiger charge is -2.18. The van der Waals surface area contributed by atoms with E-state index in [-0.39, 0.29) is 6.04 Å². The molecule has 19 heavy (non-hydrogen) atoms. The molecule has 96 valence electrons. The zero-order chi connectivity index (χ0) is 13.1. The van der Waals surface area contributed by atoms with Crippen LogP contribution in [0.5, 0.6) is 0 Å². The Hall–Kier alpha value is -1.88. The monoisotopic (exact) mass is 270 g/mol. The zero-order valence-corrected chi connectivity index (χ0v) is 11.2. The van der Waals surface area contributed by atoms with E-state index < -0.39 is 0 Å². The predicted octanol–water partition coefficient (Wildman–Crippen LogP) is 2.64. The highest BCUT2D eigenvalue weighted by atomic mass is 32.2. The number of hydrogen-bond acceptors (Lipinski definition) is 5. The second kappa shape index (κ2) is 5.40. The van der Waals surface area contributed by atoms with Crippen LogP contribution in [0, 0.1) is 0 Å². The van der Waals surface area contributed by atoms with Crippen LogP contribution in [-0.4, -0.2) is 20.9 Å². The minimum atomic E-state index is 0.172. The van der Waals surface area contributed by atoms with Crippen molar-refractivity contribution in [1.82, 2.24) is 9.97 Å². The number of aromatic nitrogens is 2. The van der Waals surface area contributed by atoms with Crippen molar-refractivity contribution >= 4 is 16.9 Å². The summed E-state index contributed by atoms with van der Waals surface area (Å²) < 4.78 is 0. The van der Waals surface area contributed by atoms with E-state index in [0.717, 1.165) is 23.3 Å². The third-order valence-corrected chi connectivity index (χ3v) is 3.93. The van der Waals surface area contributed by atoms with Crippen molar-refractivity contribution in [3.05, 3.63) is 48.5 Å². The molecule has 0 saturated heterocycles. The lowest BCUT2D eigenvalue weighted by Crippen LogP contribution is -2.15. The number of rotatable bonds is 2. The summed E-state index contributed by atoms with van der Waals surface area (Å²) in [6.07, 6.45) is 6.21. The SMILES string of the molecule is NC1=NC(c2cccc(-c3cncnc3)c2)CCS1. The topological polar surface area (TPSA) is 64.2 Å². The van der Waals surface area contributed by atoms with Gasteiger partial charge in [0.25, 0.3) is 0 Å². The Morgan fingerprint density at radius 2 is 2.00 bits per heavy atom. The van der Waals surface area contributed by atoms with Crippen LogP contribution in [0.1, 0.15) is 18.0 Å². The molecule has 0 aliphatic carbocycles. The molecule has 1 aromatic heterocycles. The van der Waals surface area contributed by atoms with E-state index in [1.165, 1.54) is 11.9 Å². The van der Waals surface area contributed by atoms with Crippen LogP contribution in [0.15, 0.2) is 48.0 Å². The molecular weight excluding hydrogens is 256 g/mol. The van der Waals surface area contributed by atoms with E-state index in [2.05, 4.69) is 33.2 Å². The predicted molar refractivity (Wildman–Crippen MR) is 78.9 cm³/mol. The molecule has 1 aliphatic rings. The van der Waals surface area contributed by atoms with Gasteiger partial charge in [-0.2, -0.15) is 0 Å². The van der Waals surface area contributed by atoms with Gasteiger partial charge < -0.3 is 5.73 Å². The molecule has 0 bridgehead atoms. The number of hydrogen-bond donors (Lipinski definition) is 1. The summed E-state index contributed by atoms with van der Waals surface area (Å²) in [7, 11) is 0. The Morgan fingerprint density at radius 1 is 1.16 bits per heavy atom. The van der Waals surface area contributed by atoms with Crippen LogP contribution in [0.3, 0.4) is 0 Å². The van der Waals surface area contributed by atoms with Gasteiger partial charge in [0.15, 0.2) is 5.17 Å². The van der Waals surface area contributed by atoms with Gasteiger partial charge in [-0.05, 0) is 23.6 Å². The Balaban J connectivity index is 1.94. The largest absolute Gasteiger partial charge is 0.379 e. The smallest absolute Gasteiger partial charge is 0.154 e. The fourth-order valence-corrected chi connectivity index (χ4v) is 2.90. The highest BCUT2D eigenvalue weighted by Crippen LogP contribution is 2.30. The number of aliphatic imine (C=N–C) groups is 1. The van der Waals surface area contributed by atoms with Crippen molar-refractivity contribution in [2.45, 2.75) is 12.5 Å². The van der Waals surface area contributed by atoms with E-state index in [0.29, 0.717) is 5.17 Å². The Morgan fingerprint density at radius 3 is 2.79 bits per heavy atom. The minimum Gasteiger partial charge on any atom is -0.379 e. The first-order chi connectivity index (χ1) is 9.33. The summed E-state index contributed by atoms with van der Waals surface area (Å²) in [5, 5.41) is 0.685. The lowest BCUT2D eigenvalue weighted by atomic mass is 10.00. The highest BCUT2D eigenvalue weighted by molar-refractivity contribution is 8.13. The van der Waals surface area contributed by atoms with Crippen LogP contribution < -0.4 is 5.73 Å². The third-order valence-electron chi connectivity index (χ3n) is 3.09. The van der Waals surface area contributed by atoms with Crippen molar-refractivity contribution < 1.29 is 0 Å². The van der Waals surface area contributed by atoms with Crippen LogP contribution in [0.2, 0.25) is 0 Å².